The van der Waals surface area contributed by atoms with E-state index >= 15 is 8.78 Å². The van der Waals surface area contributed by atoms with Crippen molar-refractivity contribution < 1.29 is 33.0 Å². The molecule has 0 spiro atoms. The zero-order chi connectivity index (χ0) is 41.4. The number of imide groups is 1. The fraction of sp³-hybridized carbons (Fsp3) is 0.429. The number of fused-ring (bicyclic) bond motifs is 7. The minimum Gasteiger partial charge on any atom is -0.477 e. The number of aliphatic hydroxyl groups excluding tert-OH is 1. The highest BCUT2D eigenvalue weighted by Crippen LogP contribution is 2.39. The van der Waals surface area contributed by atoms with Crippen molar-refractivity contribution in [3.63, 3.8) is 0 Å². The number of nitrogens with one attached hydrogen (secondary N) is 3. The lowest BCUT2D eigenvalue weighted by Gasteiger charge is -2.42. The summed E-state index contributed by atoms with van der Waals surface area (Å²) in [4.78, 5) is 53.4. The van der Waals surface area contributed by atoms with E-state index in [0.29, 0.717) is 80.2 Å². The molecule has 0 unspecified atom stereocenters. The number of carbonyl (C=O) groups is 3. The Morgan fingerprint density at radius 2 is 1.83 bits per heavy atom. The minimum atomic E-state index is -1.06. The molecule has 0 saturated carbocycles. The molecule has 4 aliphatic rings. The summed E-state index contributed by atoms with van der Waals surface area (Å²) in [6.45, 7) is 7.83. The second kappa shape index (κ2) is 16.7. The highest BCUT2D eigenvalue weighted by molar-refractivity contribution is 6.19. The number of guanidine groups is 1. The molecule has 2 bridgehead atoms. The number of aliphatic imine (C=N–C) groups is 1. The van der Waals surface area contributed by atoms with Gasteiger partial charge in [-0.3, -0.25) is 29.6 Å². The standard InChI is InChI=1S/C42H48F2N10O5/c1-24-5-4-14-59-41-31(20-46-51(41)3)35-16-26(15-25(2)47-35)39(57)50-42-48-34-8-6-28(19-36(34)54(42)21-24)53-13-12-52(22-29(53)23-55)11-10-45-27-17-32(43)38(33(44)18-27)30-7-9-37(56)49-40(30)58/h6,8,15-20,24,29-30,45,55H,4-5,7,9-14,21-23H2,1-3H3,(H,48,50,57)(H,49,56,58)/t24-,29-,30-/m1/s1. The van der Waals surface area contributed by atoms with E-state index in [9.17, 15) is 19.5 Å². The first-order valence-corrected chi connectivity index (χ1v) is 20.1. The van der Waals surface area contributed by atoms with Gasteiger partial charge in [0.2, 0.25) is 23.7 Å². The molecule has 3 atom stereocenters. The molecule has 4 N–H and O–H groups in total. The number of hydrogen-bond donors (Lipinski definition) is 4. The number of piperazine rings is 1. The number of benzene rings is 2. The fourth-order valence-corrected chi connectivity index (χ4v) is 8.44. The lowest BCUT2D eigenvalue weighted by Crippen LogP contribution is -2.55. The normalized spacial score (nSPS) is 22.2. The van der Waals surface area contributed by atoms with E-state index in [1.807, 2.05) is 26.1 Å². The summed E-state index contributed by atoms with van der Waals surface area (Å²) >= 11 is 0. The monoisotopic (exact) mass is 810 g/mol. The van der Waals surface area contributed by atoms with Gasteiger partial charge in [0.05, 0.1) is 54.0 Å². The maximum Gasteiger partial charge on any atom is 0.280 e. The number of aromatic nitrogens is 3. The first-order chi connectivity index (χ1) is 28.4. The molecular formula is C42H48F2N10O5. The third-order valence-electron chi connectivity index (χ3n) is 11.4. The number of pyridine rings is 1. The molecule has 2 saturated heterocycles. The third kappa shape index (κ3) is 8.34. The first kappa shape index (κ1) is 39.9. The Bertz CT molecular complexity index is 2290. The summed E-state index contributed by atoms with van der Waals surface area (Å²) in [7, 11) is 1.82. The lowest BCUT2D eigenvalue weighted by molar-refractivity contribution is -0.134. The Balaban J connectivity index is 0.956. The van der Waals surface area contributed by atoms with Gasteiger partial charge in [-0.25, -0.2) is 13.5 Å². The summed E-state index contributed by atoms with van der Waals surface area (Å²) in [5.41, 5.74) is 4.92. The number of aliphatic hydroxyl groups is 1. The fourth-order valence-electron chi connectivity index (χ4n) is 8.44. The molecule has 2 aromatic heterocycles. The number of amides is 3. The van der Waals surface area contributed by atoms with Crippen molar-refractivity contribution in [3.8, 4) is 17.1 Å². The van der Waals surface area contributed by atoms with Crippen LogP contribution in [0.2, 0.25) is 0 Å². The van der Waals surface area contributed by atoms with Gasteiger partial charge in [0.25, 0.3) is 5.91 Å². The summed E-state index contributed by atoms with van der Waals surface area (Å²) in [5, 5.41) is 23.6. The second-order valence-electron chi connectivity index (χ2n) is 15.8. The second-order valence-corrected chi connectivity index (χ2v) is 15.8. The first-order valence-electron chi connectivity index (χ1n) is 20.1. The number of hydrogen-bond acceptors (Lipinski definition) is 12. The van der Waals surface area contributed by atoms with Crippen LogP contribution in [0.15, 0.2) is 53.7 Å². The zero-order valence-electron chi connectivity index (χ0n) is 33.3. The van der Waals surface area contributed by atoms with Crippen LogP contribution in [0.4, 0.5) is 31.5 Å². The molecule has 2 aromatic carbocycles. The van der Waals surface area contributed by atoms with Crippen molar-refractivity contribution in [1.82, 2.24) is 25.0 Å². The van der Waals surface area contributed by atoms with Gasteiger partial charge in [0, 0.05) is 80.9 Å². The molecule has 59 heavy (non-hydrogen) atoms. The Hall–Kier alpha value is -5.94. The topological polar surface area (TPSA) is 170 Å². The van der Waals surface area contributed by atoms with Crippen molar-refractivity contribution in [2.24, 2.45) is 18.0 Å². The van der Waals surface area contributed by atoms with Gasteiger partial charge in [-0.1, -0.05) is 6.92 Å². The van der Waals surface area contributed by atoms with Crippen LogP contribution in [0.5, 0.6) is 5.88 Å². The molecule has 8 rings (SSSR count). The van der Waals surface area contributed by atoms with Gasteiger partial charge in [-0.2, -0.15) is 10.1 Å². The molecule has 4 aliphatic heterocycles. The van der Waals surface area contributed by atoms with Crippen LogP contribution < -0.4 is 30.5 Å². The highest BCUT2D eigenvalue weighted by Gasteiger charge is 2.34. The van der Waals surface area contributed by atoms with E-state index in [2.05, 4.69) is 58.7 Å². The van der Waals surface area contributed by atoms with Gasteiger partial charge < -0.3 is 30.3 Å². The molecule has 3 amide bonds. The quantitative estimate of drug-likeness (QED) is 0.194. The van der Waals surface area contributed by atoms with E-state index in [4.69, 9.17) is 4.74 Å². The van der Waals surface area contributed by atoms with Crippen LogP contribution in [0.25, 0.3) is 11.3 Å². The van der Waals surface area contributed by atoms with Crippen LogP contribution in [0, 0.1) is 24.5 Å². The number of rotatable bonds is 7. The third-order valence-corrected chi connectivity index (χ3v) is 11.4. The molecule has 15 nitrogen and oxygen atoms in total. The molecule has 0 aliphatic carbocycles. The molecule has 6 heterocycles. The number of ether oxygens (including phenoxy) is 1. The predicted molar refractivity (Wildman–Crippen MR) is 219 cm³/mol. The van der Waals surface area contributed by atoms with Crippen LogP contribution >= 0.6 is 0 Å². The lowest BCUT2D eigenvalue weighted by atomic mass is 9.89. The van der Waals surface area contributed by atoms with Crippen molar-refractivity contribution in [3.05, 3.63) is 77.1 Å². The maximum atomic E-state index is 15.1. The summed E-state index contributed by atoms with van der Waals surface area (Å²) in [6.07, 6.45) is 3.45. The minimum absolute atomic E-state index is 0.0242. The molecule has 0 radical (unpaired) electrons. The molecular weight excluding hydrogens is 763 g/mol. The van der Waals surface area contributed by atoms with E-state index in [-0.39, 0.29) is 42.7 Å². The summed E-state index contributed by atoms with van der Waals surface area (Å²) < 4.78 is 38.0. The molecule has 4 aromatic rings. The Morgan fingerprint density at radius 1 is 1.02 bits per heavy atom. The average molecular weight is 811 g/mol. The Labute approximate surface area is 340 Å². The van der Waals surface area contributed by atoms with Crippen LogP contribution in [0.3, 0.4) is 0 Å². The van der Waals surface area contributed by atoms with Crippen molar-refractivity contribution in [2.75, 3.05) is 72.9 Å². The highest BCUT2D eigenvalue weighted by atomic mass is 19.1. The predicted octanol–water partition coefficient (Wildman–Crippen LogP) is 4.42. The number of carbonyl (C=O) groups excluding carboxylic acids is 3. The number of halogens is 2. The number of aryl methyl sites for hydroxylation is 2. The van der Waals surface area contributed by atoms with Crippen LogP contribution in [0.1, 0.15) is 60.1 Å². The van der Waals surface area contributed by atoms with E-state index in [1.54, 1.807) is 23.0 Å². The van der Waals surface area contributed by atoms with Crippen molar-refractivity contribution in [2.45, 2.75) is 51.5 Å². The van der Waals surface area contributed by atoms with E-state index < -0.39 is 35.3 Å². The van der Waals surface area contributed by atoms with Crippen LogP contribution in [-0.2, 0) is 16.6 Å². The SMILES string of the molecule is Cc1cc2cc(n1)-c1cnn(C)c1OCCC[C@@H](C)CN1/C(=N/C2=O)Nc2ccc(N3CCN(CCNc4cc(F)c([C@H]5CCC(=O)NC5=O)c(F)c4)C[C@@H]3CO)cc21. The maximum absolute atomic E-state index is 15.1. The Kier molecular flexibility index (Phi) is 11.3. The van der Waals surface area contributed by atoms with Gasteiger partial charge >= 0.3 is 0 Å². The van der Waals surface area contributed by atoms with E-state index in [1.165, 1.54) is 12.1 Å². The smallest absolute Gasteiger partial charge is 0.280 e. The van der Waals surface area contributed by atoms with Crippen molar-refractivity contribution >= 4 is 46.4 Å². The Morgan fingerprint density at radius 3 is 2.61 bits per heavy atom. The number of nitrogens with zero attached hydrogens (tertiary/aromatic N) is 7. The summed E-state index contributed by atoms with van der Waals surface area (Å²) in [6, 6.07) is 11.7. The van der Waals surface area contributed by atoms with Crippen molar-refractivity contribution in [1.29, 1.82) is 0 Å². The van der Waals surface area contributed by atoms with Gasteiger partial charge in [-0.15, -0.1) is 0 Å². The molecule has 17 heteroatoms. The van der Waals surface area contributed by atoms with Gasteiger partial charge in [-0.05, 0) is 74.6 Å². The number of piperidine rings is 1. The molecule has 2 fully saturated rings. The van der Waals surface area contributed by atoms with Gasteiger partial charge in [0.1, 0.15) is 11.6 Å². The van der Waals surface area contributed by atoms with Gasteiger partial charge in [0.15, 0.2) is 0 Å². The zero-order valence-corrected chi connectivity index (χ0v) is 33.3. The summed E-state index contributed by atoms with van der Waals surface area (Å²) in [5.74, 6) is -3.02. The average Bonchev–Trinajstić information content (AvgIpc) is 3.74. The van der Waals surface area contributed by atoms with E-state index in [0.717, 1.165) is 29.9 Å². The largest absolute Gasteiger partial charge is 0.477 e. The number of anilines is 4. The van der Waals surface area contributed by atoms with Crippen LogP contribution in [-0.4, -0.2) is 107 Å². The molecule has 310 valence electrons.